The minimum absolute atomic E-state index is 0.853. The summed E-state index contributed by atoms with van der Waals surface area (Å²) in [5.41, 5.74) is 7.60. The van der Waals surface area contributed by atoms with Crippen LogP contribution in [0.5, 0.6) is 0 Å². The van der Waals surface area contributed by atoms with Crippen LogP contribution in [0.1, 0.15) is 0 Å². The van der Waals surface area contributed by atoms with E-state index < -0.39 is 0 Å². The number of aromatic nitrogens is 4. The monoisotopic (exact) mass is 510 g/mol. The topological polar surface area (TPSA) is 35.1 Å². The lowest BCUT2D eigenvalue weighted by Gasteiger charge is -2.14. The molecule has 0 unspecified atom stereocenters. The molecule has 5 aromatic heterocycles. The Bertz CT molecular complexity index is 2430. The van der Waals surface area contributed by atoms with Crippen molar-refractivity contribution < 1.29 is 0 Å². The largest absolute Gasteiger partial charge is 0.307 e. The number of pyridine rings is 3. The zero-order valence-corrected chi connectivity index (χ0v) is 21.5. The molecule has 0 N–H and O–H groups in total. The van der Waals surface area contributed by atoms with E-state index in [4.69, 9.17) is 4.98 Å². The minimum atomic E-state index is 0.853. The molecule has 5 heterocycles. The highest BCUT2D eigenvalue weighted by molar-refractivity contribution is 6.25. The Morgan fingerprint density at radius 3 is 1.95 bits per heavy atom. The maximum absolute atomic E-state index is 5.18. The van der Waals surface area contributed by atoms with Crippen LogP contribution in [0.25, 0.3) is 77.1 Å². The summed E-state index contributed by atoms with van der Waals surface area (Å²) in [6.07, 6.45) is 1.82. The van der Waals surface area contributed by atoms with Gasteiger partial charge in [0.2, 0.25) is 0 Å². The highest BCUT2D eigenvalue weighted by Crippen LogP contribution is 2.41. The van der Waals surface area contributed by atoms with Gasteiger partial charge in [-0.2, -0.15) is 0 Å². The molecular formula is C36H22N4. The lowest BCUT2D eigenvalue weighted by atomic mass is 10.0. The molecule has 0 spiro atoms. The van der Waals surface area contributed by atoms with Crippen LogP contribution in [0.3, 0.4) is 0 Å². The molecule has 4 aromatic carbocycles. The van der Waals surface area contributed by atoms with Gasteiger partial charge in [0.25, 0.3) is 0 Å². The molecule has 9 rings (SSSR count). The Balaban J connectivity index is 1.54. The predicted octanol–water partition coefficient (Wildman–Crippen LogP) is 8.95. The number of nitrogens with zero attached hydrogens (tertiary/aromatic N) is 4. The molecule has 0 aliphatic rings. The Hall–Kier alpha value is -5.48. The van der Waals surface area contributed by atoms with Gasteiger partial charge in [-0.1, -0.05) is 84.9 Å². The van der Waals surface area contributed by atoms with Crippen LogP contribution in [-0.4, -0.2) is 18.9 Å². The number of rotatable bonds is 2. The summed E-state index contributed by atoms with van der Waals surface area (Å²) in [5, 5.41) is 7.38. The molecule has 0 saturated heterocycles. The van der Waals surface area contributed by atoms with Gasteiger partial charge < -0.3 is 4.40 Å². The summed E-state index contributed by atoms with van der Waals surface area (Å²) < 4.78 is 4.79. The number of hydrogen-bond acceptors (Lipinski definition) is 2. The van der Waals surface area contributed by atoms with Gasteiger partial charge in [0.05, 0.1) is 39.0 Å². The molecule has 0 amide bonds. The quantitative estimate of drug-likeness (QED) is 0.218. The Morgan fingerprint density at radius 1 is 0.450 bits per heavy atom. The maximum atomic E-state index is 5.18. The van der Waals surface area contributed by atoms with Gasteiger partial charge >= 0.3 is 0 Å². The molecule has 0 fully saturated rings. The van der Waals surface area contributed by atoms with Crippen LogP contribution in [0.4, 0.5) is 0 Å². The van der Waals surface area contributed by atoms with Crippen molar-refractivity contribution in [3.05, 3.63) is 134 Å². The Labute approximate surface area is 229 Å². The molecule has 0 radical (unpaired) electrons. The van der Waals surface area contributed by atoms with E-state index in [1.54, 1.807) is 0 Å². The van der Waals surface area contributed by atoms with Gasteiger partial charge in [0.15, 0.2) is 0 Å². The molecular weight excluding hydrogens is 488 g/mol. The third kappa shape index (κ3) is 2.85. The zero-order chi connectivity index (χ0) is 26.2. The minimum Gasteiger partial charge on any atom is -0.307 e. The average molecular weight is 511 g/mol. The maximum Gasteiger partial charge on any atom is 0.138 e. The van der Waals surface area contributed by atoms with Crippen LogP contribution >= 0.6 is 0 Å². The number of fused-ring (bicyclic) bond motifs is 12. The first-order chi connectivity index (χ1) is 19.9. The first-order valence-electron chi connectivity index (χ1n) is 13.5. The molecule has 0 bridgehead atoms. The molecule has 186 valence electrons. The molecule has 0 aliphatic heterocycles. The van der Waals surface area contributed by atoms with E-state index >= 15 is 0 Å². The SMILES string of the molecule is c1ccc(-c2cccc(-n3c4ccccc4c4ccc5c6ccccc6c6cc7ccccc7n6c5c43)n2)nc1. The summed E-state index contributed by atoms with van der Waals surface area (Å²) in [7, 11) is 0. The summed E-state index contributed by atoms with van der Waals surface area (Å²) in [4.78, 5) is 9.75. The second kappa shape index (κ2) is 8.01. The second-order valence-corrected chi connectivity index (χ2v) is 10.3. The summed E-state index contributed by atoms with van der Waals surface area (Å²) in [6, 6.07) is 45.1. The van der Waals surface area contributed by atoms with Gasteiger partial charge in [-0.05, 0) is 47.9 Å². The van der Waals surface area contributed by atoms with Gasteiger partial charge in [-0.15, -0.1) is 0 Å². The fourth-order valence-corrected chi connectivity index (χ4v) is 6.46. The van der Waals surface area contributed by atoms with Crippen LogP contribution < -0.4 is 0 Å². The molecule has 0 aliphatic carbocycles. The van der Waals surface area contributed by atoms with E-state index in [-0.39, 0.29) is 0 Å². The van der Waals surface area contributed by atoms with Crippen LogP contribution in [0.2, 0.25) is 0 Å². The highest BCUT2D eigenvalue weighted by Gasteiger charge is 2.20. The predicted molar refractivity (Wildman–Crippen MR) is 165 cm³/mol. The standard InChI is InChI=1S/C36H22N4/c1-5-16-31-23(10-1)22-33-25-12-3-2-11-24(25)27-19-20-28-26-13-4-6-17-32(26)40(36(28)35(27)39(31)33)34-18-9-15-30(38-34)29-14-7-8-21-37-29/h1-22H. The zero-order valence-electron chi connectivity index (χ0n) is 21.5. The van der Waals surface area contributed by atoms with E-state index in [1.807, 2.05) is 30.5 Å². The third-order valence-corrected chi connectivity index (χ3v) is 8.13. The van der Waals surface area contributed by atoms with Crippen molar-refractivity contribution >= 4 is 59.9 Å². The lowest BCUT2D eigenvalue weighted by Crippen LogP contribution is -2.01. The lowest BCUT2D eigenvalue weighted by molar-refractivity contribution is 1.08. The number of hydrogen-bond donors (Lipinski definition) is 0. The Morgan fingerprint density at radius 2 is 1.12 bits per heavy atom. The highest BCUT2D eigenvalue weighted by atomic mass is 15.1. The normalized spacial score (nSPS) is 12.0. The van der Waals surface area contributed by atoms with E-state index in [1.165, 1.54) is 48.9 Å². The Kier molecular flexibility index (Phi) is 4.30. The summed E-state index contributed by atoms with van der Waals surface area (Å²) >= 11 is 0. The average Bonchev–Trinajstić information content (AvgIpc) is 3.58. The fraction of sp³-hybridized carbons (Fsp3) is 0. The number of benzene rings is 4. The van der Waals surface area contributed by atoms with Crippen molar-refractivity contribution in [2.24, 2.45) is 0 Å². The van der Waals surface area contributed by atoms with E-state index in [0.29, 0.717) is 0 Å². The van der Waals surface area contributed by atoms with Crippen molar-refractivity contribution in [2.45, 2.75) is 0 Å². The van der Waals surface area contributed by atoms with Gasteiger partial charge in [0.1, 0.15) is 5.82 Å². The van der Waals surface area contributed by atoms with Crippen molar-refractivity contribution in [2.75, 3.05) is 0 Å². The van der Waals surface area contributed by atoms with Crippen LogP contribution in [-0.2, 0) is 0 Å². The van der Waals surface area contributed by atoms with E-state index in [2.05, 4.69) is 117 Å². The smallest absolute Gasteiger partial charge is 0.138 e. The third-order valence-electron chi connectivity index (χ3n) is 8.13. The second-order valence-electron chi connectivity index (χ2n) is 10.3. The molecule has 4 nitrogen and oxygen atoms in total. The van der Waals surface area contributed by atoms with Crippen molar-refractivity contribution in [3.63, 3.8) is 0 Å². The first-order valence-corrected chi connectivity index (χ1v) is 13.5. The van der Waals surface area contributed by atoms with Crippen molar-refractivity contribution in [1.82, 2.24) is 18.9 Å². The van der Waals surface area contributed by atoms with Gasteiger partial charge in [-0.3, -0.25) is 9.55 Å². The molecule has 9 aromatic rings. The van der Waals surface area contributed by atoms with Crippen LogP contribution in [0.15, 0.2) is 134 Å². The first kappa shape index (κ1) is 21.5. The fourth-order valence-electron chi connectivity index (χ4n) is 6.46. The van der Waals surface area contributed by atoms with Crippen molar-refractivity contribution in [3.8, 4) is 17.2 Å². The van der Waals surface area contributed by atoms with Crippen molar-refractivity contribution in [1.29, 1.82) is 0 Å². The summed E-state index contributed by atoms with van der Waals surface area (Å²) in [6.45, 7) is 0. The molecule has 0 atom stereocenters. The molecule has 40 heavy (non-hydrogen) atoms. The summed E-state index contributed by atoms with van der Waals surface area (Å²) in [5.74, 6) is 0.875. The molecule has 0 saturated carbocycles. The molecule has 4 heteroatoms. The van der Waals surface area contributed by atoms with E-state index in [0.717, 1.165) is 28.2 Å². The van der Waals surface area contributed by atoms with Crippen LogP contribution in [0, 0.1) is 0 Å². The van der Waals surface area contributed by atoms with E-state index in [9.17, 15) is 0 Å². The van der Waals surface area contributed by atoms with Gasteiger partial charge in [0, 0.05) is 33.1 Å². The van der Waals surface area contributed by atoms with Gasteiger partial charge in [-0.25, -0.2) is 4.98 Å². The number of para-hydroxylation sites is 2.